The molecule has 2 rings (SSSR count). The zero-order valence-electron chi connectivity index (χ0n) is 16.6. The van der Waals surface area contributed by atoms with Gasteiger partial charge in [0, 0.05) is 60.8 Å². The Morgan fingerprint density at radius 1 is 1.17 bits per heavy atom. The Morgan fingerprint density at radius 3 is 2.67 bits per heavy atom. The first-order valence-corrected chi connectivity index (χ1v) is 9.42. The van der Waals surface area contributed by atoms with E-state index in [1.165, 1.54) is 6.21 Å². The van der Waals surface area contributed by atoms with Gasteiger partial charge in [-0.15, -0.1) is 0 Å². The number of pyridine rings is 1. The fourth-order valence-corrected chi connectivity index (χ4v) is 2.63. The molecule has 0 aliphatic carbocycles. The summed E-state index contributed by atoms with van der Waals surface area (Å²) in [6.07, 6.45) is 11.9. The molecule has 1 aromatic carbocycles. The van der Waals surface area contributed by atoms with Gasteiger partial charge < -0.3 is 25.9 Å². The Balaban J connectivity index is 2.00. The predicted molar refractivity (Wildman–Crippen MR) is 121 cm³/mol. The molecule has 0 radical (unpaired) electrons. The van der Waals surface area contributed by atoms with Gasteiger partial charge in [0.1, 0.15) is 0 Å². The van der Waals surface area contributed by atoms with E-state index in [0.29, 0.717) is 25.0 Å². The second-order valence-corrected chi connectivity index (χ2v) is 6.22. The number of aliphatic hydroxyl groups is 1. The molecule has 30 heavy (non-hydrogen) atoms. The first kappa shape index (κ1) is 22.5. The predicted octanol–water partition coefficient (Wildman–Crippen LogP) is 3.27. The number of benzene rings is 1. The molecule has 0 unspecified atom stereocenters. The molecule has 0 fully saturated rings. The third-order valence-corrected chi connectivity index (χ3v) is 4.14. The zero-order chi connectivity index (χ0) is 21.6. The molecule has 0 amide bonds. The Labute approximate surface area is 175 Å². The van der Waals surface area contributed by atoms with Crippen LogP contribution in [0.2, 0.25) is 0 Å². The van der Waals surface area contributed by atoms with Crippen LogP contribution in [0.3, 0.4) is 0 Å². The highest BCUT2D eigenvalue weighted by Crippen LogP contribution is 2.18. The lowest BCUT2D eigenvalue weighted by Gasteiger charge is -2.08. The number of aromatic nitrogens is 1. The largest absolute Gasteiger partial charge is 0.433 e. The number of hydrogen-bond acceptors (Lipinski definition) is 8. The first-order valence-electron chi connectivity index (χ1n) is 9.42. The van der Waals surface area contributed by atoms with Crippen molar-refractivity contribution in [1.29, 1.82) is 16.2 Å². The van der Waals surface area contributed by atoms with E-state index in [0.717, 1.165) is 28.8 Å². The molecule has 8 nitrogen and oxygen atoms in total. The van der Waals surface area contributed by atoms with E-state index < -0.39 is 0 Å². The minimum atomic E-state index is 0.0215. The molecule has 0 saturated carbocycles. The summed E-state index contributed by atoms with van der Waals surface area (Å²) in [5, 5.41) is 37.1. The molecular formula is C22H26N6O2. The van der Waals surface area contributed by atoms with Gasteiger partial charge in [0.05, 0.1) is 6.61 Å². The number of hydrogen-bond donors (Lipinski definition) is 6. The second-order valence-electron chi connectivity index (χ2n) is 6.22. The Kier molecular flexibility index (Phi) is 9.48. The minimum absolute atomic E-state index is 0.0215. The van der Waals surface area contributed by atoms with Gasteiger partial charge in [-0.2, -0.15) is 0 Å². The maximum atomic E-state index is 8.89. The number of nitrogens with zero attached hydrogens (tertiary/aromatic N) is 1. The second kappa shape index (κ2) is 12.6. The molecule has 0 saturated heterocycles. The molecular weight excluding hydrogens is 380 g/mol. The summed E-state index contributed by atoms with van der Waals surface area (Å²) < 4.78 is 4.71. The van der Waals surface area contributed by atoms with Crippen molar-refractivity contribution in [3.8, 4) is 0 Å². The lowest BCUT2D eigenvalue weighted by molar-refractivity contribution is 0.298. The molecule has 0 aliphatic rings. The molecule has 156 valence electrons. The third-order valence-electron chi connectivity index (χ3n) is 4.14. The van der Waals surface area contributed by atoms with Crippen molar-refractivity contribution in [3.05, 3.63) is 71.8 Å². The van der Waals surface area contributed by atoms with Crippen LogP contribution in [0.15, 0.2) is 55.1 Å². The van der Waals surface area contributed by atoms with E-state index in [9.17, 15) is 0 Å². The van der Waals surface area contributed by atoms with E-state index in [1.807, 2.05) is 42.6 Å². The van der Waals surface area contributed by atoms with Crippen LogP contribution in [-0.4, -0.2) is 41.8 Å². The number of nitrogens with one attached hydrogen (secondary N) is 5. The highest BCUT2D eigenvalue weighted by atomic mass is 16.5. The molecule has 2 aromatic rings. The normalized spacial score (nSPS) is 11.2. The van der Waals surface area contributed by atoms with E-state index in [2.05, 4.69) is 15.6 Å². The molecule has 8 heteroatoms. The lowest BCUT2D eigenvalue weighted by Crippen LogP contribution is -2.12. The maximum Gasteiger partial charge on any atom is 0.189 e. The SMILES string of the molecule is N=COC(=N)CCc1ccc(N/C=C/c2cnccc2/C(C=N)=C/NCCO)cc1. The van der Waals surface area contributed by atoms with Crippen molar-refractivity contribution < 1.29 is 9.84 Å². The number of anilines is 1. The van der Waals surface area contributed by atoms with E-state index in [-0.39, 0.29) is 12.5 Å². The summed E-state index contributed by atoms with van der Waals surface area (Å²) in [4.78, 5) is 4.16. The van der Waals surface area contributed by atoms with Crippen molar-refractivity contribution in [2.45, 2.75) is 12.8 Å². The van der Waals surface area contributed by atoms with Gasteiger partial charge in [-0.05, 0) is 41.8 Å². The molecule has 6 N–H and O–H groups in total. The topological polar surface area (TPSA) is 138 Å². The summed E-state index contributed by atoms with van der Waals surface area (Å²) >= 11 is 0. The Bertz CT molecular complexity index is 906. The minimum Gasteiger partial charge on any atom is -0.433 e. The van der Waals surface area contributed by atoms with Gasteiger partial charge in [0.25, 0.3) is 0 Å². The van der Waals surface area contributed by atoms with Crippen LogP contribution in [0.25, 0.3) is 11.6 Å². The van der Waals surface area contributed by atoms with Crippen LogP contribution in [0, 0.1) is 16.2 Å². The van der Waals surface area contributed by atoms with Crippen molar-refractivity contribution in [2.24, 2.45) is 0 Å². The summed E-state index contributed by atoms with van der Waals surface area (Å²) in [5.41, 5.74) is 4.39. The number of aryl methyl sites for hydroxylation is 1. The average Bonchev–Trinajstić information content (AvgIpc) is 2.77. The molecule has 0 aliphatic heterocycles. The molecule has 0 bridgehead atoms. The van der Waals surface area contributed by atoms with Gasteiger partial charge in [0.15, 0.2) is 12.3 Å². The Hall–Kier alpha value is -3.78. The zero-order valence-corrected chi connectivity index (χ0v) is 16.6. The monoisotopic (exact) mass is 406 g/mol. The van der Waals surface area contributed by atoms with Gasteiger partial charge in [-0.3, -0.25) is 15.8 Å². The number of aliphatic hydroxyl groups excluding tert-OH is 1. The summed E-state index contributed by atoms with van der Waals surface area (Å²) in [6.45, 7) is 0.440. The van der Waals surface area contributed by atoms with Gasteiger partial charge in [-0.1, -0.05) is 12.1 Å². The highest BCUT2D eigenvalue weighted by molar-refractivity contribution is 6.09. The number of ether oxygens (including phenoxy) is 1. The fraction of sp³-hybridized carbons (Fsp3) is 0.182. The van der Waals surface area contributed by atoms with Crippen molar-refractivity contribution in [3.63, 3.8) is 0 Å². The Morgan fingerprint density at radius 2 is 1.97 bits per heavy atom. The van der Waals surface area contributed by atoms with Gasteiger partial charge in [-0.25, -0.2) is 0 Å². The van der Waals surface area contributed by atoms with E-state index >= 15 is 0 Å². The van der Waals surface area contributed by atoms with Gasteiger partial charge >= 0.3 is 0 Å². The van der Waals surface area contributed by atoms with Crippen LogP contribution in [0.5, 0.6) is 0 Å². The molecule has 1 heterocycles. The lowest BCUT2D eigenvalue weighted by atomic mass is 10.0. The van der Waals surface area contributed by atoms with Crippen LogP contribution in [0.1, 0.15) is 23.1 Å². The maximum absolute atomic E-state index is 8.89. The van der Waals surface area contributed by atoms with Crippen molar-refractivity contribution >= 4 is 35.8 Å². The van der Waals surface area contributed by atoms with Gasteiger partial charge in [0.2, 0.25) is 0 Å². The van der Waals surface area contributed by atoms with Crippen LogP contribution >= 0.6 is 0 Å². The standard InChI is InChI=1S/C22H26N6O2/c23-13-19(15-27-11-12-29)21-8-9-26-14-18(21)7-10-28-20-4-1-17(2-5-20)3-6-22(25)30-16-24/h1-2,4-5,7-10,13-16,23-25,27-29H,3,6,11-12H2/b10-7+,19-15+,23-13?,24-16?,25-22?. The van der Waals surface area contributed by atoms with E-state index in [1.54, 1.807) is 18.6 Å². The number of rotatable bonds is 12. The molecule has 0 atom stereocenters. The highest BCUT2D eigenvalue weighted by Gasteiger charge is 2.04. The fourth-order valence-electron chi connectivity index (χ4n) is 2.63. The van der Waals surface area contributed by atoms with Crippen molar-refractivity contribution in [2.75, 3.05) is 18.5 Å². The smallest absolute Gasteiger partial charge is 0.189 e. The first-order chi connectivity index (χ1) is 14.7. The number of allylic oxidation sites excluding steroid dienone is 1. The average molecular weight is 406 g/mol. The quantitative estimate of drug-likeness (QED) is 0.182. The van der Waals surface area contributed by atoms with E-state index in [4.69, 9.17) is 26.1 Å². The molecule has 0 spiro atoms. The van der Waals surface area contributed by atoms with Crippen LogP contribution in [0.4, 0.5) is 5.69 Å². The summed E-state index contributed by atoms with van der Waals surface area (Å²) in [6, 6.07) is 9.70. The van der Waals surface area contributed by atoms with Crippen molar-refractivity contribution in [1.82, 2.24) is 10.3 Å². The molecule has 1 aromatic heterocycles. The third kappa shape index (κ3) is 7.33. The summed E-state index contributed by atoms with van der Waals surface area (Å²) in [5.74, 6) is 0.0762. The van der Waals surface area contributed by atoms with Crippen LogP contribution < -0.4 is 10.6 Å². The summed E-state index contributed by atoms with van der Waals surface area (Å²) in [7, 11) is 0. The van der Waals surface area contributed by atoms with Crippen LogP contribution in [-0.2, 0) is 11.2 Å².